The van der Waals surface area contributed by atoms with Gasteiger partial charge in [-0.15, -0.1) is 23.1 Å². The Balaban J connectivity index is 1.67. The zero-order valence-electron chi connectivity index (χ0n) is 16.5. The molecule has 1 aliphatic heterocycles. The number of ether oxygens (including phenoxy) is 1. The molecule has 2 atom stereocenters. The largest absolute Gasteiger partial charge is 0.496 e. The number of nitrogens with zero attached hydrogens (tertiary/aromatic N) is 2. The third-order valence-electron chi connectivity index (χ3n) is 4.88. The van der Waals surface area contributed by atoms with E-state index in [0.717, 1.165) is 29.0 Å². The summed E-state index contributed by atoms with van der Waals surface area (Å²) in [5.74, 6) is 1.01. The Hall–Kier alpha value is -1.99. The fraction of sp³-hybridized carbons (Fsp3) is 0.429. The summed E-state index contributed by atoms with van der Waals surface area (Å²) in [6.45, 7) is 3.28. The molecule has 1 aromatic heterocycles. The Morgan fingerprint density at radius 3 is 2.71 bits per heavy atom. The Morgan fingerprint density at radius 2 is 2.04 bits per heavy atom. The number of hydrogen-bond acceptors (Lipinski definition) is 5. The number of benzene rings is 1. The second-order valence-corrected chi connectivity index (χ2v) is 8.95. The lowest BCUT2D eigenvalue weighted by molar-refractivity contribution is -0.130. The summed E-state index contributed by atoms with van der Waals surface area (Å²) >= 11 is 3.14. The van der Waals surface area contributed by atoms with Crippen LogP contribution in [0, 0.1) is 0 Å². The highest BCUT2D eigenvalue weighted by molar-refractivity contribution is 8.01. The summed E-state index contributed by atoms with van der Waals surface area (Å²) in [5, 5.41) is 1.83. The topological polar surface area (TPSA) is 49.9 Å². The molecular weight excluding hydrogens is 392 g/mol. The van der Waals surface area contributed by atoms with Crippen LogP contribution in [0.2, 0.25) is 0 Å². The predicted octanol–water partition coefficient (Wildman–Crippen LogP) is 4.27. The van der Waals surface area contributed by atoms with E-state index in [0.29, 0.717) is 13.1 Å². The molecule has 0 bridgehead atoms. The molecule has 1 fully saturated rings. The molecule has 1 aromatic carbocycles. The first kappa shape index (κ1) is 20.7. The van der Waals surface area contributed by atoms with Crippen LogP contribution in [-0.4, -0.2) is 54.1 Å². The van der Waals surface area contributed by atoms with Crippen LogP contribution in [0.15, 0.2) is 41.8 Å². The standard InChI is InChI=1S/C21H26N2O3S2/c1-4-17-20(25)23(21(28-17)15-9-5-6-10-16(15)26-3)13-8-12-22(2)19(24)18-11-7-14-27-18/h5-7,9-11,14,17,21H,4,8,12-13H2,1-3H3. The number of amides is 2. The zero-order valence-corrected chi connectivity index (χ0v) is 18.1. The van der Waals surface area contributed by atoms with E-state index in [4.69, 9.17) is 4.74 Å². The normalized spacial score (nSPS) is 19.1. The van der Waals surface area contributed by atoms with E-state index in [1.54, 1.807) is 23.8 Å². The third-order valence-corrected chi connectivity index (χ3v) is 7.37. The number of carbonyl (C=O) groups excluding carboxylic acids is 2. The number of methoxy groups -OCH3 is 1. The van der Waals surface area contributed by atoms with Crippen LogP contribution in [0.1, 0.15) is 40.4 Å². The maximum atomic E-state index is 12.9. The molecule has 5 nitrogen and oxygen atoms in total. The maximum absolute atomic E-state index is 12.9. The molecule has 1 aliphatic rings. The van der Waals surface area contributed by atoms with Gasteiger partial charge in [0.15, 0.2) is 0 Å². The molecule has 2 aromatic rings. The van der Waals surface area contributed by atoms with E-state index in [9.17, 15) is 9.59 Å². The van der Waals surface area contributed by atoms with Crippen LogP contribution in [0.5, 0.6) is 5.75 Å². The average Bonchev–Trinajstić information content (AvgIpc) is 3.36. The molecule has 28 heavy (non-hydrogen) atoms. The molecule has 3 rings (SSSR count). The molecule has 2 unspecified atom stereocenters. The highest BCUT2D eigenvalue weighted by atomic mass is 32.2. The van der Waals surface area contributed by atoms with Gasteiger partial charge in [0, 0.05) is 25.7 Å². The fourth-order valence-corrected chi connectivity index (χ4v) is 5.54. The molecule has 0 spiro atoms. The third kappa shape index (κ3) is 4.36. The molecule has 150 valence electrons. The lowest BCUT2D eigenvalue weighted by Crippen LogP contribution is -2.35. The van der Waals surface area contributed by atoms with Crippen molar-refractivity contribution in [1.29, 1.82) is 0 Å². The smallest absolute Gasteiger partial charge is 0.263 e. The van der Waals surface area contributed by atoms with Crippen molar-refractivity contribution in [2.24, 2.45) is 0 Å². The minimum Gasteiger partial charge on any atom is -0.496 e. The van der Waals surface area contributed by atoms with Gasteiger partial charge in [-0.05, 0) is 30.4 Å². The second-order valence-electron chi connectivity index (χ2n) is 6.72. The molecule has 0 saturated carbocycles. The highest BCUT2D eigenvalue weighted by Crippen LogP contribution is 2.46. The number of para-hydroxylation sites is 1. The Labute approximate surface area is 174 Å². The molecule has 1 saturated heterocycles. The van der Waals surface area contributed by atoms with E-state index in [1.165, 1.54) is 11.3 Å². The molecular formula is C21H26N2O3S2. The zero-order chi connectivity index (χ0) is 20.1. The van der Waals surface area contributed by atoms with Gasteiger partial charge in [0.05, 0.1) is 17.2 Å². The lowest BCUT2D eigenvalue weighted by atomic mass is 10.1. The van der Waals surface area contributed by atoms with E-state index in [-0.39, 0.29) is 22.4 Å². The Kier molecular flexibility index (Phi) is 7.02. The monoisotopic (exact) mass is 418 g/mol. The SMILES string of the molecule is CCC1SC(c2ccccc2OC)N(CCCN(C)C(=O)c2cccs2)C1=O. The molecule has 0 radical (unpaired) electrons. The van der Waals surface area contributed by atoms with Gasteiger partial charge >= 0.3 is 0 Å². The number of carbonyl (C=O) groups is 2. The second kappa shape index (κ2) is 9.47. The van der Waals surface area contributed by atoms with Gasteiger partial charge in [-0.2, -0.15) is 0 Å². The van der Waals surface area contributed by atoms with Gasteiger partial charge in [0.1, 0.15) is 11.1 Å². The maximum Gasteiger partial charge on any atom is 0.263 e. The van der Waals surface area contributed by atoms with Gasteiger partial charge in [-0.1, -0.05) is 31.2 Å². The van der Waals surface area contributed by atoms with Gasteiger partial charge in [-0.3, -0.25) is 9.59 Å². The van der Waals surface area contributed by atoms with Crippen molar-refractivity contribution >= 4 is 34.9 Å². The summed E-state index contributed by atoms with van der Waals surface area (Å²) in [6.07, 6.45) is 1.55. The van der Waals surface area contributed by atoms with Crippen molar-refractivity contribution in [1.82, 2.24) is 9.80 Å². The van der Waals surface area contributed by atoms with Crippen molar-refractivity contribution < 1.29 is 14.3 Å². The minimum absolute atomic E-state index is 0.0274. The van der Waals surface area contributed by atoms with Gasteiger partial charge < -0.3 is 14.5 Å². The molecule has 7 heteroatoms. The van der Waals surface area contributed by atoms with E-state index < -0.39 is 0 Å². The van der Waals surface area contributed by atoms with Crippen LogP contribution < -0.4 is 4.74 Å². The highest BCUT2D eigenvalue weighted by Gasteiger charge is 2.40. The van der Waals surface area contributed by atoms with E-state index in [2.05, 4.69) is 0 Å². The average molecular weight is 419 g/mol. The summed E-state index contributed by atoms with van der Waals surface area (Å²) < 4.78 is 5.52. The van der Waals surface area contributed by atoms with E-state index >= 15 is 0 Å². The first-order valence-electron chi connectivity index (χ1n) is 9.44. The van der Waals surface area contributed by atoms with Crippen molar-refractivity contribution in [3.05, 3.63) is 52.2 Å². The summed E-state index contributed by atoms with van der Waals surface area (Å²) in [4.78, 5) is 29.7. The number of rotatable bonds is 8. The van der Waals surface area contributed by atoms with Crippen LogP contribution in [0.25, 0.3) is 0 Å². The predicted molar refractivity (Wildman–Crippen MR) is 115 cm³/mol. The number of thiophene rings is 1. The molecule has 0 N–H and O–H groups in total. The van der Waals surface area contributed by atoms with Crippen LogP contribution in [0.3, 0.4) is 0 Å². The number of thioether (sulfide) groups is 1. The van der Waals surface area contributed by atoms with E-state index in [1.807, 2.05) is 60.6 Å². The van der Waals surface area contributed by atoms with Gasteiger partial charge in [0.25, 0.3) is 5.91 Å². The molecule has 2 amide bonds. The van der Waals surface area contributed by atoms with Crippen molar-refractivity contribution in [3.63, 3.8) is 0 Å². The summed E-state index contributed by atoms with van der Waals surface area (Å²) in [7, 11) is 3.47. The van der Waals surface area contributed by atoms with Crippen molar-refractivity contribution in [3.8, 4) is 5.75 Å². The number of hydrogen-bond donors (Lipinski definition) is 0. The van der Waals surface area contributed by atoms with Gasteiger partial charge in [0.2, 0.25) is 5.91 Å². The van der Waals surface area contributed by atoms with Crippen molar-refractivity contribution in [2.45, 2.75) is 30.4 Å². The van der Waals surface area contributed by atoms with Crippen LogP contribution >= 0.6 is 23.1 Å². The quantitative estimate of drug-likeness (QED) is 0.642. The molecule has 0 aliphatic carbocycles. The first-order valence-corrected chi connectivity index (χ1v) is 11.3. The summed E-state index contributed by atoms with van der Waals surface area (Å²) in [5.41, 5.74) is 1.03. The van der Waals surface area contributed by atoms with Crippen LogP contribution in [-0.2, 0) is 4.79 Å². The summed E-state index contributed by atoms with van der Waals surface area (Å²) in [6, 6.07) is 11.6. The Bertz CT molecular complexity index is 810. The van der Waals surface area contributed by atoms with Crippen molar-refractivity contribution in [2.75, 3.05) is 27.2 Å². The molecule has 2 heterocycles. The van der Waals surface area contributed by atoms with Gasteiger partial charge in [-0.25, -0.2) is 0 Å². The Morgan fingerprint density at radius 1 is 1.25 bits per heavy atom. The fourth-order valence-electron chi connectivity index (χ4n) is 3.37. The lowest BCUT2D eigenvalue weighted by Gasteiger charge is -2.26. The van der Waals surface area contributed by atoms with Crippen LogP contribution in [0.4, 0.5) is 0 Å². The first-order chi connectivity index (χ1) is 13.6. The minimum atomic E-state index is -0.0492.